The maximum absolute atomic E-state index is 11.1. The molecule has 0 spiro atoms. The van der Waals surface area contributed by atoms with Gasteiger partial charge >= 0.3 is 11.7 Å². The largest absolute Gasteiger partial charge is 0.362 e. The normalized spacial score (nSPS) is 9.60. The topological polar surface area (TPSA) is 146 Å². The molecular formula is C6H10N6O3. The van der Waals surface area contributed by atoms with Gasteiger partial charge in [-0.3, -0.25) is 9.78 Å². The lowest BCUT2D eigenvalue weighted by molar-refractivity contribution is 0.249. The van der Waals surface area contributed by atoms with Crippen molar-refractivity contribution in [1.29, 1.82) is 0 Å². The molecule has 0 atom stereocenters. The van der Waals surface area contributed by atoms with Crippen molar-refractivity contribution in [3.05, 3.63) is 20.8 Å². The number of nitrogens with two attached hydrogens (primary N) is 1. The molecule has 0 radical (unpaired) electrons. The van der Waals surface area contributed by atoms with Gasteiger partial charge in [-0.1, -0.05) is 0 Å². The van der Waals surface area contributed by atoms with Crippen LogP contribution in [0.2, 0.25) is 0 Å². The number of hydrogen-bond donors (Lipinski definition) is 5. The molecule has 9 nitrogen and oxygen atoms in total. The molecule has 0 aromatic carbocycles. The Kier molecular flexibility index (Phi) is 3.43. The molecule has 0 aliphatic heterocycles. The molecule has 0 aliphatic rings. The van der Waals surface area contributed by atoms with Crippen molar-refractivity contribution in [3.63, 3.8) is 0 Å². The number of primary amides is 1. The summed E-state index contributed by atoms with van der Waals surface area (Å²) >= 11 is 0. The lowest BCUT2D eigenvalue weighted by Gasteiger charge is -2.03. The van der Waals surface area contributed by atoms with Crippen LogP contribution in [0.25, 0.3) is 0 Å². The number of urea groups is 1. The average Bonchev–Trinajstić information content (AvgIpc) is 2.14. The van der Waals surface area contributed by atoms with Crippen LogP contribution < -0.4 is 27.6 Å². The molecule has 82 valence electrons. The number of H-pyrrole nitrogens is 2. The monoisotopic (exact) mass is 214 g/mol. The zero-order chi connectivity index (χ0) is 11.3. The zero-order valence-corrected chi connectivity index (χ0v) is 7.66. The third kappa shape index (κ3) is 3.50. The summed E-state index contributed by atoms with van der Waals surface area (Å²) in [6, 6.07) is -0.653. The molecule has 0 saturated heterocycles. The van der Waals surface area contributed by atoms with Crippen LogP contribution in [-0.2, 0) is 0 Å². The Morgan fingerprint density at radius 1 is 1.40 bits per heavy atom. The van der Waals surface area contributed by atoms with E-state index in [-0.39, 0.29) is 18.9 Å². The SMILES string of the molecule is NC(=O)NCCNc1n[nH]c(=O)[nH]c1=O. The first-order chi connectivity index (χ1) is 7.09. The molecule has 0 aliphatic carbocycles. The molecule has 0 bridgehead atoms. The molecule has 1 rings (SSSR count). The van der Waals surface area contributed by atoms with Crippen LogP contribution in [0.5, 0.6) is 0 Å². The molecular weight excluding hydrogens is 204 g/mol. The van der Waals surface area contributed by atoms with Crippen LogP contribution >= 0.6 is 0 Å². The number of hydrogen-bond acceptors (Lipinski definition) is 5. The molecule has 6 N–H and O–H groups in total. The third-order valence-corrected chi connectivity index (χ3v) is 1.43. The standard InChI is InChI=1S/C6H10N6O3/c7-5(14)9-2-1-8-3-4(13)10-6(15)12-11-3/h1-2H2,(H,8,11)(H3,7,9,14)(H2,10,12,13,15). The van der Waals surface area contributed by atoms with Crippen molar-refractivity contribution in [2.45, 2.75) is 0 Å². The summed E-state index contributed by atoms with van der Waals surface area (Å²) in [5.74, 6) is -0.0270. The summed E-state index contributed by atoms with van der Waals surface area (Å²) in [6.07, 6.45) is 0. The first kappa shape index (κ1) is 10.8. The van der Waals surface area contributed by atoms with E-state index in [1.807, 2.05) is 4.98 Å². The fraction of sp³-hybridized carbons (Fsp3) is 0.333. The molecule has 1 aromatic heterocycles. The number of aromatic nitrogens is 3. The summed E-state index contributed by atoms with van der Waals surface area (Å²) in [5.41, 5.74) is 3.51. The van der Waals surface area contributed by atoms with E-state index in [0.29, 0.717) is 0 Å². The lowest BCUT2D eigenvalue weighted by atomic mass is 10.6. The Morgan fingerprint density at radius 3 is 2.73 bits per heavy atom. The van der Waals surface area contributed by atoms with Crippen LogP contribution in [0, 0.1) is 0 Å². The van der Waals surface area contributed by atoms with E-state index < -0.39 is 17.3 Å². The smallest absolute Gasteiger partial charge is 0.342 e. The molecule has 2 amide bonds. The minimum absolute atomic E-state index is 0.0270. The molecule has 0 saturated carbocycles. The van der Waals surface area contributed by atoms with Crippen LogP contribution in [0.15, 0.2) is 9.59 Å². The van der Waals surface area contributed by atoms with Crippen LogP contribution in [0.3, 0.4) is 0 Å². The van der Waals surface area contributed by atoms with Gasteiger partial charge in [-0.2, -0.15) is 0 Å². The fourth-order valence-electron chi connectivity index (χ4n) is 0.834. The fourth-order valence-corrected chi connectivity index (χ4v) is 0.834. The Labute approximate surface area is 83.1 Å². The molecule has 1 heterocycles. The Bertz CT molecular complexity index is 449. The number of rotatable bonds is 4. The summed E-state index contributed by atoms with van der Waals surface area (Å²) < 4.78 is 0. The van der Waals surface area contributed by atoms with Gasteiger partial charge in [0.1, 0.15) is 0 Å². The second-order valence-corrected chi connectivity index (χ2v) is 2.57. The van der Waals surface area contributed by atoms with E-state index in [1.54, 1.807) is 0 Å². The van der Waals surface area contributed by atoms with Crippen molar-refractivity contribution in [2.24, 2.45) is 5.73 Å². The Balaban J connectivity index is 2.48. The highest BCUT2D eigenvalue weighted by molar-refractivity contribution is 5.71. The van der Waals surface area contributed by atoms with Crippen molar-refractivity contribution < 1.29 is 4.79 Å². The van der Waals surface area contributed by atoms with Crippen LogP contribution in [0.4, 0.5) is 10.6 Å². The summed E-state index contributed by atoms with van der Waals surface area (Å²) in [6.45, 7) is 0.515. The molecule has 15 heavy (non-hydrogen) atoms. The molecule has 1 aromatic rings. The highest BCUT2D eigenvalue weighted by Crippen LogP contribution is 1.83. The van der Waals surface area contributed by atoms with Crippen LogP contribution in [0.1, 0.15) is 0 Å². The molecule has 0 unspecified atom stereocenters. The average molecular weight is 214 g/mol. The summed E-state index contributed by atoms with van der Waals surface area (Å²) in [5, 5.41) is 10.4. The van der Waals surface area contributed by atoms with Gasteiger partial charge in [0.05, 0.1) is 0 Å². The molecule has 9 heteroatoms. The van der Waals surface area contributed by atoms with Crippen molar-refractivity contribution >= 4 is 11.8 Å². The van der Waals surface area contributed by atoms with Gasteiger partial charge in [-0.05, 0) is 0 Å². The van der Waals surface area contributed by atoms with Gasteiger partial charge in [0, 0.05) is 13.1 Å². The number of nitrogens with zero attached hydrogens (tertiary/aromatic N) is 1. The highest BCUT2D eigenvalue weighted by Gasteiger charge is 2.00. The Hall–Kier alpha value is -2.32. The number of amides is 2. The number of anilines is 1. The minimum Gasteiger partial charge on any atom is -0.362 e. The van der Waals surface area contributed by atoms with E-state index in [2.05, 4.69) is 20.8 Å². The van der Waals surface area contributed by atoms with E-state index in [9.17, 15) is 14.4 Å². The van der Waals surface area contributed by atoms with Crippen LogP contribution in [-0.4, -0.2) is 34.3 Å². The van der Waals surface area contributed by atoms with Crippen molar-refractivity contribution in [1.82, 2.24) is 20.5 Å². The van der Waals surface area contributed by atoms with E-state index in [4.69, 9.17) is 5.73 Å². The third-order valence-electron chi connectivity index (χ3n) is 1.43. The Morgan fingerprint density at radius 2 is 2.13 bits per heavy atom. The second-order valence-electron chi connectivity index (χ2n) is 2.57. The lowest BCUT2D eigenvalue weighted by Crippen LogP contribution is -2.34. The van der Waals surface area contributed by atoms with E-state index in [0.717, 1.165) is 0 Å². The van der Waals surface area contributed by atoms with Gasteiger partial charge in [0.15, 0.2) is 0 Å². The van der Waals surface area contributed by atoms with Gasteiger partial charge in [0.2, 0.25) is 5.82 Å². The number of nitrogens with one attached hydrogen (secondary N) is 4. The molecule has 0 fully saturated rings. The minimum atomic E-state index is -0.680. The van der Waals surface area contributed by atoms with Gasteiger partial charge in [-0.25, -0.2) is 14.7 Å². The quantitative estimate of drug-likeness (QED) is 0.353. The van der Waals surface area contributed by atoms with Gasteiger partial charge < -0.3 is 16.4 Å². The maximum Gasteiger partial charge on any atom is 0.342 e. The second kappa shape index (κ2) is 4.79. The van der Waals surface area contributed by atoms with E-state index in [1.165, 1.54) is 0 Å². The predicted octanol–water partition coefficient (Wildman–Crippen LogP) is -2.46. The first-order valence-electron chi connectivity index (χ1n) is 4.06. The number of aromatic amines is 2. The maximum atomic E-state index is 11.1. The zero-order valence-electron chi connectivity index (χ0n) is 7.66. The first-order valence-corrected chi connectivity index (χ1v) is 4.06. The number of carbonyl (C=O) groups is 1. The highest BCUT2D eigenvalue weighted by atomic mass is 16.2. The summed E-state index contributed by atoms with van der Waals surface area (Å²) in [7, 11) is 0. The summed E-state index contributed by atoms with van der Waals surface area (Å²) in [4.78, 5) is 33.9. The van der Waals surface area contributed by atoms with Crippen molar-refractivity contribution in [3.8, 4) is 0 Å². The van der Waals surface area contributed by atoms with E-state index >= 15 is 0 Å². The van der Waals surface area contributed by atoms with Gasteiger partial charge in [0.25, 0.3) is 5.56 Å². The number of carbonyl (C=O) groups excluding carboxylic acids is 1. The van der Waals surface area contributed by atoms with Gasteiger partial charge in [-0.15, -0.1) is 5.10 Å². The predicted molar refractivity (Wildman–Crippen MR) is 51.6 cm³/mol. The van der Waals surface area contributed by atoms with Crippen molar-refractivity contribution in [2.75, 3.05) is 18.4 Å².